The van der Waals surface area contributed by atoms with E-state index in [1.807, 2.05) is 0 Å². The number of benzene rings is 2. The molecule has 0 spiro atoms. The molecule has 10 heteroatoms. The zero-order chi connectivity index (χ0) is 19.5. The number of carbonyl (C=O) groups is 1. The second-order valence-electron chi connectivity index (χ2n) is 5.38. The van der Waals surface area contributed by atoms with E-state index in [1.54, 1.807) is 19.0 Å². The normalized spacial score (nSPS) is 11.0. The van der Waals surface area contributed by atoms with Crippen molar-refractivity contribution in [3.8, 4) is 5.75 Å². The Labute approximate surface area is 146 Å². The molecule has 26 heavy (non-hydrogen) atoms. The molecule has 0 heterocycles. The van der Waals surface area contributed by atoms with Gasteiger partial charge in [0.25, 0.3) is 11.6 Å². The van der Waals surface area contributed by atoms with Crippen LogP contribution in [0.5, 0.6) is 5.75 Å². The Morgan fingerprint density at radius 3 is 2.46 bits per heavy atom. The van der Waals surface area contributed by atoms with Gasteiger partial charge in [0.1, 0.15) is 5.75 Å². The van der Waals surface area contributed by atoms with Crippen molar-refractivity contribution in [2.45, 2.75) is 6.36 Å². The van der Waals surface area contributed by atoms with Crippen LogP contribution >= 0.6 is 0 Å². The number of alkyl halides is 3. The highest BCUT2D eigenvalue weighted by Crippen LogP contribution is 2.27. The molecule has 1 N–H and O–H groups in total. The monoisotopic (exact) mass is 369 g/mol. The maximum Gasteiger partial charge on any atom is 0.573 e. The van der Waals surface area contributed by atoms with Gasteiger partial charge in [-0.15, -0.1) is 13.2 Å². The zero-order valence-electron chi connectivity index (χ0n) is 13.7. The summed E-state index contributed by atoms with van der Waals surface area (Å²) in [4.78, 5) is 24.4. The lowest BCUT2D eigenvalue weighted by Gasteiger charge is -2.17. The lowest BCUT2D eigenvalue weighted by Crippen LogP contribution is -2.19. The highest BCUT2D eigenvalue weighted by atomic mass is 19.4. The molecule has 0 aliphatic heterocycles. The topological polar surface area (TPSA) is 84.7 Å². The molecule has 138 valence electrons. The third kappa shape index (κ3) is 4.85. The van der Waals surface area contributed by atoms with Crippen LogP contribution in [0.4, 0.5) is 30.2 Å². The SMILES string of the molecule is CN(C)c1ccc([N+](=O)[O-])cc1C(=O)Nc1cccc(OC(F)(F)F)c1. The number of carbonyl (C=O) groups excluding carboxylic acids is 1. The fraction of sp³-hybridized carbons (Fsp3) is 0.188. The highest BCUT2D eigenvalue weighted by Gasteiger charge is 2.31. The largest absolute Gasteiger partial charge is 0.573 e. The van der Waals surface area contributed by atoms with Gasteiger partial charge in [0, 0.05) is 43.7 Å². The molecular formula is C16H14F3N3O4. The maximum atomic E-state index is 12.5. The summed E-state index contributed by atoms with van der Waals surface area (Å²) in [6.07, 6.45) is -4.86. The summed E-state index contributed by atoms with van der Waals surface area (Å²) in [5.74, 6) is -1.20. The highest BCUT2D eigenvalue weighted by molar-refractivity contribution is 6.08. The molecule has 0 unspecified atom stereocenters. The first-order valence-electron chi connectivity index (χ1n) is 7.20. The molecule has 0 saturated carbocycles. The summed E-state index contributed by atoms with van der Waals surface area (Å²) in [7, 11) is 3.30. The molecule has 0 aromatic heterocycles. The van der Waals surface area contributed by atoms with Crippen LogP contribution in [-0.2, 0) is 0 Å². The summed E-state index contributed by atoms with van der Waals surface area (Å²) in [5, 5.41) is 13.3. The van der Waals surface area contributed by atoms with Crippen molar-refractivity contribution in [2.75, 3.05) is 24.3 Å². The molecule has 7 nitrogen and oxygen atoms in total. The van der Waals surface area contributed by atoms with E-state index in [2.05, 4.69) is 10.1 Å². The number of rotatable bonds is 5. The zero-order valence-corrected chi connectivity index (χ0v) is 13.7. The number of anilines is 2. The summed E-state index contributed by atoms with van der Waals surface area (Å²) >= 11 is 0. The van der Waals surface area contributed by atoms with Crippen LogP contribution in [-0.4, -0.2) is 31.3 Å². The first-order chi connectivity index (χ1) is 12.1. The van der Waals surface area contributed by atoms with Crippen LogP contribution in [0.3, 0.4) is 0 Å². The third-order valence-electron chi connectivity index (χ3n) is 3.24. The Balaban J connectivity index is 2.31. The summed E-state index contributed by atoms with van der Waals surface area (Å²) < 4.78 is 40.6. The number of nitrogens with one attached hydrogen (secondary N) is 1. The number of amides is 1. The Morgan fingerprint density at radius 1 is 1.19 bits per heavy atom. The molecule has 2 aromatic rings. The van der Waals surface area contributed by atoms with Crippen LogP contribution in [0.15, 0.2) is 42.5 Å². The predicted molar refractivity (Wildman–Crippen MR) is 88.5 cm³/mol. The fourth-order valence-electron chi connectivity index (χ4n) is 2.18. The van der Waals surface area contributed by atoms with Crippen molar-refractivity contribution < 1.29 is 27.6 Å². The van der Waals surface area contributed by atoms with Crippen LogP contribution in [0, 0.1) is 10.1 Å². The molecule has 0 bridgehead atoms. The first kappa shape index (κ1) is 19.0. The lowest BCUT2D eigenvalue weighted by molar-refractivity contribution is -0.384. The van der Waals surface area contributed by atoms with E-state index in [4.69, 9.17) is 0 Å². The average molecular weight is 369 g/mol. The van der Waals surface area contributed by atoms with E-state index in [0.29, 0.717) is 5.69 Å². The minimum absolute atomic E-state index is 0.00587. The molecule has 0 atom stereocenters. The molecule has 0 radical (unpaired) electrons. The minimum atomic E-state index is -4.86. The molecular weight excluding hydrogens is 355 g/mol. The molecule has 2 aromatic carbocycles. The standard InChI is InChI=1S/C16H14F3N3O4/c1-21(2)14-7-6-11(22(24)25)9-13(14)15(23)20-10-4-3-5-12(8-10)26-16(17,18)19/h3-9H,1-2H3,(H,20,23). The molecule has 2 rings (SSSR count). The number of hydrogen-bond acceptors (Lipinski definition) is 5. The van der Waals surface area contributed by atoms with Crippen molar-refractivity contribution >= 4 is 23.0 Å². The number of non-ortho nitro benzene ring substituents is 1. The van der Waals surface area contributed by atoms with Crippen LogP contribution < -0.4 is 15.0 Å². The van der Waals surface area contributed by atoms with Gasteiger partial charge in [-0.3, -0.25) is 14.9 Å². The molecule has 0 fully saturated rings. The molecule has 0 saturated heterocycles. The second kappa shape index (κ2) is 7.30. The van der Waals surface area contributed by atoms with Gasteiger partial charge in [0.2, 0.25) is 0 Å². The van der Waals surface area contributed by atoms with Crippen LogP contribution in [0.1, 0.15) is 10.4 Å². The van der Waals surface area contributed by atoms with E-state index in [9.17, 15) is 28.1 Å². The van der Waals surface area contributed by atoms with Gasteiger partial charge < -0.3 is 15.0 Å². The Morgan fingerprint density at radius 2 is 1.88 bits per heavy atom. The Hall–Kier alpha value is -3.30. The van der Waals surface area contributed by atoms with Gasteiger partial charge in [-0.05, 0) is 18.2 Å². The lowest BCUT2D eigenvalue weighted by atomic mass is 10.1. The number of halogens is 3. The van der Waals surface area contributed by atoms with Gasteiger partial charge in [0.05, 0.1) is 10.5 Å². The smallest absolute Gasteiger partial charge is 0.406 e. The van der Waals surface area contributed by atoms with Crippen molar-refractivity contribution in [2.24, 2.45) is 0 Å². The van der Waals surface area contributed by atoms with Crippen LogP contribution in [0.25, 0.3) is 0 Å². The van der Waals surface area contributed by atoms with Gasteiger partial charge in [-0.2, -0.15) is 0 Å². The van der Waals surface area contributed by atoms with E-state index in [0.717, 1.165) is 18.2 Å². The average Bonchev–Trinajstić information content (AvgIpc) is 2.52. The number of nitro benzene ring substituents is 1. The van der Waals surface area contributed by atoms with Gasteiger partial charge >= 0.3 is 6.36 Å². The first-order valence-corrected chi connectivity index (χ1v) is 7.20. The minimum Gasteiger partial charge on any atom is -0.406 e. The van der Waals surface area contributed by atoms with E-state index >= 15 is 0 Å². The van der Waals surface area contributed by atoms with Gasteiger partial charge in [-0.1, -0.05) is 6.07 Å². The van der Waals surface area contributed by atoms with Gasteiger partial charge in [0.15, 0.2) is 0 Å². The maximum absolute atomic E-state index is 12.5. The second-order valence-corrected chi connectivity index (χ2v) is 5.38. The van der Waals surface area contributed by atoms with Crippen molar-refractivity contribution in [1.29, 1.82) is 0 Å². The Bertz CT molecular complexity index is 838. The summed E-state index contributed by atoms with van der Waals surface area (Å²) in [5.41, 5.74) is 0.185. The van der Waals surface area contributed by atoms with Crippen molar-refractivity contribution in [1.82, 2.24) is 0 Å². The number of hydrogen-bond donors (Lipinski definition) is 1. The third-order valence-corrected chi connectivity index (χ3v) is 3.24. The van der Waals surface area contributed by atoms with E-state index in [-0.39, 0.29) is 16.9 Å². The fourth-order valence-corrected chi connectivity index (χ4v) is 2.18. The van der Waals surface area contributed by atoms with Crippen LogP contribution in [0.2, 0.25) is 0 Å². The van der Waals surface area contributed by atoms with E-state index < -0.39 is 22.9 Å². The van der Waals surface area contributed by atoms with Crippen molar-refractivity contribution in [3.05, 3.63) is 58.1 Å². The Kier molecular flexibility index (Phi) is 5.34. The quantitative estimate of drug-likeness (QED) is 0.640. The van der Waals surface area contributed by atoms with Crippen molar-refractivity contribution in [3.63, 3.8) is 0 Å². The summed E-state index contributed by atoms with van der Waals surface area (Å²) in [6, 6.07) is 8.49. The molecule has 0 aliphatic carbocycles. The number of nitrogens with zero attached hydrogens (tertiary/aromatic N) is 2. The number of ether oxygens (including phenoxy) is 1. The number of nitro groups is 1. The van der Waals surface area contributed by atoms with E-state index in [1.165, 1.54) is 24.3 Å². The van der Waals surface area contributed by atoms with Gasteiger partial charge in [-0.25, -0.2) is 0 Å². The summed E-state index contributed by atoms with van der Waals surface area (Å²) in [6.45, 7) is 0. The predicted octanol–water partition coefficient (Wildman–Crippen LogP) is 3.81. The molecule has 1 amide bonds. The molecule has 0 aliphatic rings.